The molecule has 31 heavy (non-hydrogen) atoms. The van der Waals surface area contributed by atoms with Gasteiger partial charge in [0.25, 0.3) is 11.4 Å². The third kappa shape index (κ3) is 4.73. The van der Waals surface area contributed by atoms with Gasteiger partial charge in [0.2, 0.25) is 11.7 Å². The minimum atomic E-state index is -0.394. The van der Waals surface area contributed by atoms with E-state index >= 15 is 0 Å². The van der Waals surface area contributed by atoms with Crippen LogP contribution in [0, 0.1) is 6.92 Å². The van der Waals surface area contributed by atoms with Crippen LogP contribution in [-0.4, -0.2) is 20.6 Å². The molecular formula is C23H19ClN4O3. The largest absolute Gasteiger partial charge is 0.350 e. The number of pyridine rings is 1. The minimum Gasteiger partial charge on any atom is -0.350 e. The molecule has 4 rings (SSSR count). The van der Waals surface area contributed by atoms with Gasteiger partial charge in [-0.1, -0.05) is 64.8 Å². The molecule has 0 radical (unpaired) electrons. The fourth-order valence-electron chi connectivity index (χ4n) is 3.02. The predicted molar refractivity (Wildman–Crippen MR) is 117 cm³/mol. The smallest absolute Gasteiger partial charge is 0.263 e. The number of halogens is 1. The normalized spacial score (nSPS) is 10.8. The Hall–Kier alpha value is -3.71. The Bertz CT molecular complexity index is 1280. The second kappa shape index (κ2) is 8.97. The van der Waals surface area contributed by atoms with E-state index in [2.05, 4.69) is 15.5 Å². The summed E-state index contributed by atoms with van der Waals surface area (Å²) < 4.78 is 6.60. The molecule has 2 aromatic carbocycles. The fourth-order valence-corrected chi connectivity index (χ4v) is 3.23. The van der Waals surface area contributed by atoms with E-state index in [1.807, 2.05) is 49.4 Å². The number of carbonyl (C=O) groups excluding carboxylic acids is 1. The summed E-state index contributed by atoms with van der Waals surface area (Å²) in [6.07, 6.45) is 1.54. The van der Waals surface area contributed by atoms with Crippen LogP contribution in [0.1, 0.15) is 11.1 Å². The van der Waals surface area contributed by atoms with Crippen molar-refractivity contribution in [2.45, 2.75) is 20.0 Å². The highest BCUT2D eigenvalue weighted by Crippen LogP contribution is 2.20. The number of nitrogens with zero attached hydrogens (tertiary/aromatic N) is 3. The number of aryl methyl sites for hydroxylation is 1. The average Bonchev–Trinajstić information content (AvgIpc) is 3.25. The molecule has 1 N–H and O–H groups in total. The maximum atomic E-state index is 12.9. The molecule has 0 atom stereocenters. The molecule has 2 heterocycles. The lowest BCUT2D eigenvalue weighted by Crippen LogP contribution is -2.32. The molecule has 0 bridgehead atoms. The molecule has 0 saturated carbocycles. The van der Waals surface area contributed by atoms with Crippen LogP contribution in [-0.2, 0) is 17.9 Å². The molecule has 8 heteroatoms. The zero-order valence-electron chi connectivity index (χ0n) is 16.7. The van der Waals surface area contributed by atoms with E-state index in [4.69, 9.17) is 16.1 Å². The average molecular weight is 435 g/mol. The summed E-state index contributed by atoms with van der Waals surface area (Å²) in [6, 6.07) is 18.2. The molecular weight excluding hydrogens is 416 g/mol. The van der Waals surface area contributed by atoms with Crippen molar-refractivity contribution in [3.8, 4) is 22.8 Å². The summed E-state index contributed by atoms with van der Waals surface area (Å²) in [6.45, 7) is 2.12. The van der Waals surface area contributed by atoms with Gasteiger partial charge < -0.3 is 14.4 Å². The van der Waals surface area contributed by atoms with Crippen molar-refractivity contribution in [3.05, 3.63) is 93.4 Å². The van der Waals surface area contributed by atoms with Gasteiger partial charge in [-0.05, 0) is 30.7 Å². The van der Waals surface area contributed by atoms with Crippen LogP contribution in [0.4, 0.5) is 0 Å². The Labute approximate surface area is 183 Å². The van der Waals surface area contributed by atoms with Crippen molar-refractivity contribution in [2.24, 2.45) is 0 Å². The number of carbonyl (C=O) groups is 1. The molecule has 0 spiro atoms. The van der Waals surface area contributed by atoms with Crippen molar-refractivity contribution in [1.29, 1.82) is 0 Å². The second-order valence-corrected chi connectivity index (χ2v) is 7.42. The van der Waals surface area contributed by atoms with Crippen LogP contribution in [0.5, 0.6) is 0 Å². The second-order valence-electron chi connectivity index (χ2n) is 7.01. The molecule has 0 fully saturated rings. The SMILES string of the molecule is Cc1ccc(-c2noc(-c3cccn(CC(=O)NCc4ccccc4Cl)c3=O)n2)cc1. The van der Waals surface area contributed by atoms with E-state index in [0.29, 0.717) is 10.8 Å². The molecule has 4 aromatic rings. The third-order valence-electron chi connectivity index (χ3n) is 4.73. The standard InChI is InChI=1S/C23H19ClN4O3/c1-15-8-10-16(11-9-15)21-26-22(31-27-21)18-6-4-12-28(23(18)30)14-20(29)25-13-17-5-2-3-7-19(17)24/h2-12H,13-14H2,1H3,(H,25,29). The summed E-state index contributed by atoms with van der Waals surface area (Å²) >= 11 is 6.11. The van der Waals surface area contributed by atoms with Gasteiger partial charge in [-0.25, -0.2) is 0 Å². The van der Waals surface area contributed by atoms with Crippen LogP contribution < -0.4 is 10.9 Å². The van der Waals surface area contributed by atoms with Gasteiger partial charge in [-0.3, -0.25) is 9.59 Å². The number of amides is 1. The zero-order chi connectivity index (χ0) is 21.8. The quantitative estimate of drug-likeness (QED) is 0.498. The van der Waals surface area contributed by atoms with E-state index in [0.717, 1.165) is 16.7 Å². The topological polar surface area (TPSA) is 90.0 Å². The lowest BCUT2D eigenvalue weighted by molar-refractivity contribution is -0.121. The molecule has 156 valence electrons. The van der Waals surface area contributed by atoms with Gasteiger partial charge >= 0.3 is 0 Å². The van der Waals surface area contributed by atoms with E-state index in [1.165, 1.54) is 10.8 Å². The predicted octanol–water partition coefficient (Wildman–Crippen LogP) is 3.84. The highest BCUT2D eigenvalue weighted by atomic mass is 35.5. The molecule has 0 aliphatic carbocycles. The van der Waals surface area contributed by atoms with E-state index < -0.39 is 5.56 Å². The van der Waals surface area contributed by atoms with Crippen LogP contribution in [0.2, 0.25) is 5.02 Å². The first kappa shape index (κ1) is 20.6. The molecule has 0 unspecified atom stereocenters. The summed E-state index contributed by atoms with van der Waals surface area (Å²) in [5, 5.41) is 7.31. The van der Waals surface area contributed by atoms with Gasteiger partial charge in [-0.2, -0.15) is 4.98 Å². The molecule has 0 aliphatic rings. The minimum absolute atomic E-state index is 0.103. The Morgan fingerprint density at radius 3 is 2.65 bits per heavy atom. The number of hydrogen-bond donors (Lipinski definition) is 1. The van der Waals surface area contributed by atoms with Crippen LogP contribution in [0.3, 0.4) is 0 Å². The van der Waals surface area contributed by atoms with E-state index in [9.17, 15) is 9.59 Å². The number of benzene rings is 2. The van der Waals surface area contributed by atoms with Crippen molar-refractivity contribution in [3.63, 3.8) is 0 Å². The highest BCUT2D eigenvalue weighted by molar-refractivity contribution is 6.31. The summed E-state index contributed by atoms with van der Waals surface area (Å²) in [5.74, 6) is 0.179. The summed E-state index contributed by atoms with van der Waals surface area (Å²) in [7, 11) is 0. The van der Waals surface area contributed by atoms with E-state index in [-0.39, 0.29) is 30.5 Å². The third-order valence-corrected chi connectivity index (χ3v) is 5.10. The van der Waals surface area contributed by atoms with Gasteiger partial charge in [-0.15, -0.1) is 0 Å². The summed E-state index contributed by atoms with van der Waals surface area (Å²) in [5.41, 5.74) is 2.54. The molecule has 7 nitrogen and oxygen atoms in total. The number of hydrogen-bond acceptors (Lipinski definition) is 5. The number of rotatable bonds is 6. The Balaban J connectivity index is 1.49. The molecule has 2 aromatic heterocycles. The van der Waals surface area contributed by atoms with Crippen LogP contribution in [0.15, 0.2) is 76.2 Å². The van der Waals surface area contributed by atoms with E-state index in [1.54, 1.807) is 18.2 Å². The molecule has 1 amide bonds. The van der Waals surface area contributed by atoms with Gasteiger partial charge in [0.05, 0.1) is 0 Å². The maximum absolute atomic E-state index is 12.9. The fraction of sp³-hybridized carbons (Fsp3) is 0.130. The number of aromatic nitrogens is 3. The lowest BCUT2D eigenvalue weighted by atomic mass is 10.1. The zero-order valence-corrected chi connectivity index (χ0v) is 17.5. The molecule has 0 saturated heterocycles. The van der Waals surface area contributed by atoms with Crippen molar-refractivity contribution in [1.82, 2.24) is 20.0 Å². The summed E-state index contributed by atoms with van der Waals surface area (Å²) in [4.78, 5) is 29.5. The van der Waals surface area contributed by atoms with Crippen molar-refractivity contribution < 1.29 is 9.32 Å². The van der Waals surface area contributed by atoms with Gasteiger partial charge in [0, 0.05) is 23.3 Å². The maximum Gasteiger partial charge on any atom is 0.263 e. The Morgan fingerprint density at radius 1 is 1.10 bits per heavy atom. The van der Waals surface area contributed by atoms with Crippen molar-refractivity contribution >= 4 is 17.5 Å². The monoisotopic (exact) mass is 434 g/mol. The Kier molecular flexibility index (Phi) is 5.95. The first-order chi connectivity index (χ1) is 15.0. The van der Waals surface area contributed by atoms with Crippen LogP contribution >= 0.6 is 11.6 Å². The lowest BCUT2D eigenvalue weighted by Gasteiger charge is -2.09. The first-order valence-corrected chi connectivity index (χ1v) is 10.00. The van der Waals surface area contributed by atoms with Gasteiger partial charge in [0.1, 0.15) is 12.1 Å². The van der Waals surface area contributed by atoms with Gasteiger partial charge in [0.15, 0.2) is 0 Å². The molecule has 0 aliphatic heterocycles. The number of nitrogens with one attached hydrogen (secondary N) is 1. The highest BCUT2D eigenvalue weighted by Gasteiger charge is 2.16. The van der Waals surface area contributed by atoms with Crippen molar-refractivity contribution in [2.75, 3.05) is 0 Å². The van der Waals surface area contributed by atoms with Crippen LogP contribution in [0.25, 0.3) is 22.8 Å². The first-order valence-electron chi connectivity index (χ1n) is 9.62. The Morgan fingerprint density at radius 2 is 1.87 bits per heavy atom.